The predicted molar refractivity (Wildman–Crippen MR) is 53.0 cm³/mol. The molecule has 14 heavy (non-hydrogen) atoms. The minimum Gasteiger partial charge on any atom is -0.364 e. The van der Waals surface area contributed by atoms with Crippen molar-refractivity contribution in [2.45, 2.75) is 56.7 Å². The Morgan fingerprint density at radius 2 is 2.21 bits per heavy atom. The molecule has 0 aromatic carbocycles. The topological polar surface area (TPSA) is 26.3 Å². The van der Waals surface area contributed by atoms with Gasteiger partial charge in [-0.3, -0.25) is 0 Å². The summed E-state index contributed by atoms with van der Waals surface area (Å²) in [6.45, 7) is 0. The molecule has 1 saturated heterocycles. The number of fused-ring (bicyclic) bond motifs is 3. The van der Waals surface area contributed by atoms with Gasteiger partial charge in [0, 0.05) is 0 Å². The van der Waals surface area contributed by atoms with Gasteiger partial charge in [-0.2, -0.15) is 0 Å². The van der Waals surface area contributed by atoms with E-state index in [-0.39, 0.29) is 11.7 Å². The van der Waals surface area contributed by atoms with Gasteiger partial charge in [-0.25, -0.2) is 0 Å². The third-order valence-electron chi connectivity index (χ3n) is 4.55. The van der Waals surface area contributed by atoms with E-state index in [0.717, 1.165) is 24.5 Å². The molecule has 2 heteroatoms. The maximum Gasteiger partial charge on any atom is 0.148 e. The second-order valence-corrected chi connectivity index (χ2v) is 5.33. The first kappa shape index (κ1) is 8.90. The summed E-state index contributed by atoms with van der Waals surface area (Å²) < 4.78 is 6.05. The van der Waals surface area contributed by atoms with Crippen molar-refractivity contribution in [1.82, 2.24) is 0 Å². The molecule has 3 rings (SSSR count). The van der Waals surface area contributed by atoms with Crippen LogP contribution < -0.4 is 0 Å². The molecule has 3 aliphatic rings. The molecule has 2 saturated carbocycles. The average Bonchev–Trinajstić information content (AvgIpc) is 2.78. The van der Waals surface area contributed by atoms with Crippen molar-refractivity contribution in [3.05, 3.63) is 0 Å². The van der Waals surface area contributed by atoms with Gasteiger partial charge < -0.3 is 9.53 Å². The molecule has 1 spiro atoms. The average molecular weight is 194 g/mol. The highest BCUT2D eigenvalue weighted by Crippen LogP contribution is 2.56. The molecule has 4 unspecified atom stereocenters. The van der Waals surface area contributed by atoms with E-state index in [1.54, 1.807) is 0 Å². The largest absolute Gasteiger partial charge is 0.364 e. The molecule has 2 nitrogen and oxygen atoms in total. The lowest BCUT2D eigenvalue weighted by Crippen LogP contribution is -2.45. The maximum atomic E-state index is 10.8. The normalized spacial score (nSPS) is 51.3. The van der Waals surface area contributed by atoms with Gasteiger partial charge in [-0.1, -0.05) is 0 Å². The lowest BCUT2D eigenvalue weighted by molar-refractivity contribution is -0.162. The van der Waals surface area contributed by atoms with Crippen LogP contribution in [0.2, 0.25) is 0 Å². The quantitative estimate of drug-likeness (QED) is 0.599. The zero-order chi connectivity index (χ0) is 9.60. The van der Waals surface area contributed by atoms with E-state index in [1.165, 1.54) is 38.5 Å². The van der Waals surface area contributed by atoms with Crippen LogP contribution in [0.4, 0.5) is 0 Å². The Morgan fingerprint density at radius 3 is 2.86 bits per heavy atom. The summed E-state index contributed by atoms with van der Waals surface area (Å²) in [6.07, 6.45) is 9.61. The SMILES string of the molecule is O=CC1CCCC2(CC3CCC2C3)O1. The Labute approximate surface area is 85.0 Å². The minimum atomic E-state index is -0.0944. The van der Waals surface area contributed by atoms with E-state index in [0.29, 0.717) is 0 Å². The molecule has 1 aliphatic heterocycles. The van der Waals surface area contributed by atoms with Gasteiger partial charge in [0.2, 0.25) is 0 Å². The first-order valence-electron chi connectivity index (χ1n) is 5.95. The second kappa shape index (κ2) is 3.06. The van der Waals surface area contributed by atoms with E-state index in [1.807, 2.05) is 0 Å². The fourth-order valence-electron chi connectivity index (χ4n) is 3.96. The van der Waals surface area contributed by atoms with Gasteiger partial charge in [0.05, 0.1) is 5.60 Å². The third kappa shape index (κ3) is 1.16. The van der Waals surface area contributed by atoms with Crippen molar-refractivity contribution in [3.63, 3.8) is 0 Å². The summed E-state index contributed by atoms with van der Waals surface area (Å²) in [4.78, 5) is 10.8. The second-order valence-electron chi connectivity index (χ2n) is 5.33. The van der Waals surface area contributed by atoms with Crippen LogP contribution in [0.25, 0.3) is 0 Å². The molecule has 3 fully saturated rings. The van der Waals surface area contributed by atoms with Gasteiger partial charge in [-0.05, 0) is 56.8 Å². The van der Waals surface area contributed by atoms with Crippen molar-refractivity contribution in [1.29, 1.82) is 0 Å². The number of ether oxygens (including phenoxy) is 1. The summed E-state index contributed by atoms with van der Waals surface area (Å²) in [5.74, 6) is 1.68. The highest BCUT2D eigenvalue weighted by molar-refractivity contribution is 5.56. The van der Waals surface area contributed by atoms with E-state index >= 15 is 0 Å². The number of hydrogen-bond acceptors (Lipinski definition) is 2. The fourth-order valence-corrected chi connectivity index (χ4v) is 3.96. The zero-order valence-electron chi connectivity index (χ0n) is 8.58. The highest BCUT2D eigenvalue weighted by Gasteiger charge is 2.53. The Morgan fingerprint density at radius 1 is 1.29 bits per heavy atom. The standard InChI is InChI=1S/C12H18O2/c13-8-11-2-1-5-12(14-11)7-9-3-4-10(12)6-9/h8-11H,1-7H2. The molecule has 2 aliphatic carbocycles. The van der Waals surface area contributed by atoms with Crippen molar-refractivity contribution in [2.75, 3.05) is 0 Å². The third-order valence-corrected chi connectivity index (χ3v) is 4.55. The van der Waals surface area contributed by atoms with E-state index < -0.39 is 0 Å². The molecule has 78 valence electrons. The van der Waals surface area contributed by atoms with Gasteiger partial charge in [0.25, 0.3) is 0 Å². The molecule has 0 radical (unpaired) electrons. The molecule has 0 N–H and O–H groups in total. The fraction of sp³-hybridized carbons (Fsp3) is 0.917. The molecule has 1 heterocycles. The summed E-state index contributed by atoms with van der Waals surface area (Å²) in [6, 6.07) is 0. The molecule has 0 amide bonds. The van der Waals surface area contributed by atoms with Crippen LogP contribution in [0.5, 0.6) is 0 Å². The molecule has 0 aromatic heterocycles. The van der Waals surface area contributed by atoms with Crippen LogP contribution in [-0.4, -0.2) is 18.0 Å². The van der Waals surface area contributed by atoms with Crippen molar-refractivity contribution in [2.24, 2.45) is 11.8 Å². The number of rotatable bonds is 1. The van der Waals surface area contributed by atoms with Gasteiger partial charge >= 0.3 is 0 Å². The predicted octanol–water partition coefficient (Wildman–Crippen LogP) is 2.31. The molecular weight excluding hydrogens is 176 g/mol. The van der Waals surface area contributed by atoms with Crippen LogP contribution in [0, 0.1) is 11.8 Å². The Balaban J connectivity index is 1.79. The maximum absolute atomic E-state index is 10.8. The molecule has 2 bridgehead atoms. The van der Waals surface area contributed by atoms with Crippen LogP contribution >= 0.6 is 0 Å². The van der Waals surface area contributed by atoms with Gasteiger partial charge in [-0.15, -0.1) is 0 Å². The summed E-state index contributed by atoms with van der Waals surface area (Å²) in [7, 11) is 0. The molecular formula is C12H18O2. The van der Waals surface area contributed by atoms with Gasteiger partial charge in [0.15, 0.2) is 0 Å². The number of aldehydes is 1. The first-order chi connectivity index (χ1) is 6.82. The van der Waals surface area contributed by atoms with Crippen LogP contribution in [0.15, 0.2) is 0 Å². The van der Waals surface area contributed by atoms with E-state index in [2.05, 4.69) is 0 Å². The smallest absolute Gasteiger partial charge is 0.148 e. The Bertz CT molecular complexity index is 251. The summed E-state index contributed by atoms with van der Waals surface area (Å²) >= 11 is 0. The van der Waals surface area contributed by atoms with Crippen LogP contribution in [0.1, 0.15) is 44.9 Å². The van der Waals surface area contributed by atoms with Gasteiger partial charge in [0.1, 0.15) is 12.4 Å². The number of hydrogen-bond donors (Lipinski definition) is 0. The Hall–Kier alpha value is -0.370. The highest BCUT2D eigenvalue weighted by atomic mass is 16.5. The molecule has 4 atom stereocenters. The Kier molecular flexibility index (Phi) is 1.94. The number of carbonyl (C=O) groups excluding carboxylic acids is 1. The van der Waals surface area contributed by atoms with E-state index in [9.17, 15) is 4.79 Å². The van der Waals surface area contributed by atoms with Crippen LogP contribution in [-0.2, 0) is 9.53 Å². The summed E-state index contributed by atoms with van der Waals surface area (Å²) in [5.41, 5.74) is 0.132. The summed E-state index contributed by atoms with van der Waals surface area (Å²) in [5, 5.41) is 0. The monoisotopic (exact) mass is 194 g/mol. The first-order valence-corrected chi connectivity index (χ1v) is 5.95. The lowest BCUT2D eigenvalue weighted by Gasteiger charge is -2.43. The zero-order valence-corrected chi connectivity index (χ0v) is 8.58. The number of carbonyl (C=O) groups is 1. The van der Waals surface area contributed by atoms with Crippen molar-refractivity contribution in [3.8, 4) is 0 Å². The van der Waals surface area contributed by atoms with Crippen LogP contribution in [0.3, 0.4) is 0 Å². The van der Waals surface area contributed by atoms with E-state index in [4.69, 9.17) is 4.74 Å². The minimum absolute atomic E-state index is 0.0944. The van der Waals surface area contributed by atoms with Crippen molar-refractivity contribution >= 4 is 6.29 Å². The lowest BCUT2D eigenvalue weighted by atomic mass is 9.78. The molecule has 0 aromatic rings. The van der Waals surface area contributed by atoms with Crippen molar-refractivity contribution < 1.29 is 9.53 Å².